The van der Waals surface area contributed by atoms with Crippen LogP contribution in [0.25, 0.3) is 0 Å². The zero-order valence-electron chi connectivity index (χ0n) is 19.1. The van der Waals surface area contributed by atoms with Crippen LogP contribution in [0.3, 0.4) is 0 Å². The highest BCUT2D eigenvalue weighted by Gasteiger charge is 2.45. The Balaban J connectivity index is 1.12. The molecule has 0 aliphatic carbocycles. The number of nitrogens with zero attached hydrogens (tertiary/aromatic N) is 6. The van der Waals surface area contributed by atoms with E-state index in [0.29, 0.717) is 6.04 Å². The fourth-order valence-corrected chi connectivity index (χ4v) is 6.42. The summed E-state index contributed by atoms with van der Waals surface area (Å²) >= 11 is 1.58. The van der Waals surface area contributed by atoms with E-state index in [-0.39, 0.29) is 11.5 Å². The predicted molar refractivity (Wildman–Crippen MR) is 134 cm³/mol. The summed E-state index contributed by atoms with van der Waals surface area (Å²) in [5.41, 5.74) is 13.0. The number of nitrogens with two attached hydrogens (primary N) is 2. The number of piperidine rings is 1. The summed E-state index contributed by atoms with van der Waals surface area (Å²) in [6.07, 6.45) is 13.3. The minimum Gasteiger partial charge on any atom is -0.486 e. The molecule has 0 amide bonds. The number of aromatic nitrogens is 3. The van der Waals surface area contributed by atoms with Gasteiger partial charge in [-0.05, 0) is 44.0 Å². The fourth-order valence-electron chi connectivity index (χ4n) is 5.61. The van der Waals surface area contributed by atoms with Gasteiger partial charge in [-0.25, -0.2) is 15.0 Å². The Kier molecular flexibility index (Phi) is 5.57. The maximum absolute atomic E-state index is 6.52. The summed E-state index contributed by atoms with van der Waals surface area (Å²) in [7, 11) is 0. The standard InChI is InChI=1S/C24H30N8OS/c25-7-3-17-22(26)24(15-30-17)5-10-31(11-6-24)19-12-29-20(13-28-19)34-18-4-8-27-23-21(18)33-14-16-2-1-9-32(16)23/h3-4,7-8,12-13,16,22H,1-2,5-6,9-11,14-15,25-26H2/b7-3-. The molecule has 1 spiro atoms. The van der Waals surface area contributed by atoms with Gasteiger partial charge in [0.05, 0.1) is 35.1 Å². The molecular formula is C24H30N8OS. The van der Waals surface area contributed by atoms with Gasteiger partial charge in [-0.2, -0.15) is 0 Å². The highest BCUT2D eigenvalue weighted by atomic mass is 32.2. The van der Waals surface area contributed by atoms with Crippen LogP contribution in [-0.2, 0) is 0 Å². The topological polar surface area (TPSA) is 119 Å². The largest absolute Gasteiger partial charge is 0.486 e. The van der Waals surface area contributed by atoms with Gasteiger partial charge in [0.2, 0.25) is 0 Å². The Morgan fingerprint density at radius 2 is 2.03 bits per heavy atom. The maximum Gasteiger partial charge on any atom is 0.175 e. The number of anilines is 2. The number of hydrogen-bond donors (Lipinski definition) is 2. The lowest BCUT2D eigenvalue weighted by atomic mass is 9.73. The highest BCUT2D eigenvalue weighted by molar-refractivity contribution is 7.99. The second-order valence-electron chi connectivity index (χ2n) is 9.50. The van der Waals surface area contributed by atoms with Crippen LogP contribution in [0.15, 0.2) is 51.8 Å². The van der Waals surface area contributed by atoms with E-state index in [2.05, 4.69) is 19.8 Å². The number of hydrogen-bond acceptors (Lipinski definition) is 10. The van der Waals surface area contributed by atoms with Crippen LogP contribution in [-0.4, -0.2) is 65.5 Å². The Morgan fingerprint density at radius 3 is 2.82 bits per heavy atom. The summed E-state index contributed by atoms with van der Waals surface area (Å²) < 4.78 is 6.12. The number of ether oxygens (including phenoxy) is 1. The molecule has 6 heterocycles. The van der Waals surface area contributed by atoms with E-state index >= 15 is 0 Å². The Hall–Kier alpha value is -2.85. The first kappa shape index (κ1) is 21.7. The maximum atomic E-state index is 6.52. The Bertz CT molecular complexity index is 1110. The van der Waals surface area contributed by atoms with E-state index in [9.17, 15) is 0 Å². The Labute approximate surface area is 203 Å². The van der Waals surface area contributed by atoms with E-state index in [1.807, 2.05) is 30.7 Å². The van der Waals surface area contributed by atoms with Gasteiger partial charge in [0.15, 0.2) is 11.6 Å². The molecule has 4 N–H and O–H groups in total. The van der Waals surface area contributed by atoms with Crippen molar-refractivity contribution in [3.63, 3.8) is 0 Å². The molecule has 4 aliphatic heterocycles. The third-order valence-electron chi connectivity index (χ3n) is 7.65. The van der Waals surface area contributed by atoms with Crippen molar-refractivity contribution in [3.8, 4) is 5.75 Å². The Morgan fingerprint density at radius 1 is 1.15 bits per heavy atom. The van der Waals surface area contributed by atoms with E-state index in [0.717, 1.165) is 78.6 Å². The fraction of sp³-hybridized carbons (Fsp3) is 0.500. The molecule has 0 bridgehead atoms. The van der Waals surface area contributed by atoms with Gasteiger partial charge in [0.1, 0.15) is 17.5 Å². The van der Waals surface area contributed by atoms with Gasteiger partial charge < -0.3 is 26.0 Å². The molecule has 2 aromatic heterocycles. The molecule has 2 atom stereocenters. The van der Waals surface area contributed by atoms with Crippen molar-refractivity contribution < 1.29 is 4.74 Å². The van der Waals surface area contributed by atoms with Gasteiger partial charge >= 0.3 is 0 Å². The molecule has 4 aliphatic rings. The average Bonchev–Trinajstić information content (AvgIpc) is 3.47. The van der Waals surface area contributed by atoms with Gasteiger partial charge in [-0.1, -0.05) is 11.8 Å². The molecule has 2 unspecified atom stereocenters. The molecule has 6 rings (SSSR count). The molecule has 0 radical (unpaired) electrons. The van der Waals surface area contributed by atoms with Crippen LogP contribution in [0.4, 0.5) is 11.6 Å². The first-order valence-corrected chi connectivity index (χ1v) is 12.8. The monoisotopic (exact) mass is 478 g/mol. The number of rotatable bonds is 4. The average molecular weight is 479 g/mol. The summed E-state index contributed by atoms with van der Waals surface area (Å²) in [5.74, 6) is 2.74. The van der Waals surface area contributed by atoms with Crippen molar-refractivity contribution in [2.24, 2.45) is 21.9 Å². The first-order chi connectivity index (χ1) is 16.7. The van der Waals surface area contributed by atoms with Crippen LogP contribution in [0.2, 0.25) is 0 Å². The molecule has 178 valence electrons. The quantitative estimate of drug-likeness (QED) is 0.682. The van der Waals surface area contributed by atoms with Crippen LogP contribution in [0.5, 0.6) is 5.75 Å². The highest BCUT2D eigenvalue weighted by Crippen LogP contribution is 2.44. The van der Waals surface area contributed by atoms with E-state index in [1.165, 1.54) is 19.0 Å². The molecule has 2 fully saturated rings. The molecular weight excluding hydrogens is 448 g/mol. The van der Waals surface area contributed by atoms with E-state index in [1.54, 1.807) is 11.8 Å². The molecule has 0 aromatic carbocycles. The smallest absolute Gasteiger partial charge is 0.175 e. The number of pyridine rings is 1. The van der Waals surface area contributed by atoms with Crippen molar-refractivity contribution in [2.75, 3.05) is 42.6 Å². The minimum absolute atomic E-state index is 0.0311. The zero-order chi connectivity index (χ0) is 23.1. The molecule has 2 saturated heterocycles. The van der Waals surface area contributed by atoms with Crippen molar-refractivity contribution in [1.29, 1.82) is 0 Å². The van der Waals surface area contributed by atoms with Crippen molar-refractivity contribution in [2.45, 2.75) is 47.7 Å². The number of fused-ring (bicyclic) bond motifs is 3. The summed E-state index contributed by atoms with van der Waals surface area (Å²) in [5, 5.41) is 0.849. The summed E-state index contributed by atoms with van der Waals surface area (Å²) in [4.78, 5) is 24.4. The number of aliphatic imine (C=N–C) groups is 1. The minimum atomic E-state index is -0.0522. The molecule has 2 aromatic rings. The van der Waals surface area contributed by atoms with Crippen LogP contribution in [0.1, 0.15) is 25.7 Å². The summed E-state index contributed by atoms with van der Waals surface area (Å²) in [6, 6.07) is 2.40. The van der Waals surface area contributed by atoms with Gasteiger partial charge in [0.25, 0.3) is 0 Å². The first-order valence-electron chi connectivity index (χ1n) is 12.0. The molecule has 34 heavy (non-hydrogen) atoms. The van der Waals surface area contributed by atoms with Crippen molar-refractivity contribution in [1.82, 2.24) is 15.0 Å². The second-order valence-corrected chi connectivity index (χ2v) is 10.6. The van der Waals surface area contributed by atoms with Crippen LogP contribution >= 0.6 is 11.8 Å². The van der Waals surface area contributed by atoms with Crippen molar-refractivity contribution in [3.05, 3.63) is 36.9 Å². The lowest BCUT2D eigenvalue weighted by Gasteiger charge is -2.41. The molecule has 0 saturated carbocycles. The van der Waals surface area contributed by atoms with Gasteiger partial charge in [-0.15, -0.1) is 0 Å². The SMILES string of the molecule is N/C=C\C1=NCC2(CCN(c3cnc(Sc4ccnc5c4OCC4CCCN54)cn3)CC2)C1N. The lowest BCUT2D eigenvalue weighted by molar-refractivity contribution is 0.227. The molecule has 10 heteroatoms. The normalized spacial score (nSPS) is 25.4. The van der Waals surface area contributed by atoms with Gasteiger partial charge in [0, 0.05) is 37.8 Å². The van der Waals surface area contributed by atoms with Crippen LogP contribution in [0, 0.1) is 5.41 Å². The zero-order valence-corrected chi connectivity index (χ0v) is 20.0. The van der Waals surface area contributed by atoms with Crippen LogP contribution < -0.4 is 26.0 Å². The van der Waals surface area contributed by atoms with Crippen molar-refractivity contribution >= 4 is 29.1 Å². The van der Waals surface area contributed by atoms with E-state index < -0.39 is 0 Å². The molecule has 9 nitrogen and oxygen atoms in total. The summed E-state index contributed by atoms with van der Waals surface area (Å²) in [6.45, 7) is 4.35. The second kappa shape index (κ2) is 8.74. The van der Waals surface area contributed by atoms with E-state index in [4.69, 9.17) is 26.2 Å². The van der Waals surface area contributed by atoms with Gasteiger partial charge in [-0.3, -0.25) is 4.99 Å². The predicted octanol–water partition coefficient (Wildman–Crippen LogP) is 2.22. The third-order valence-corrected chi connectivity index (χ3v) is 8.61. The lowest BCUT2D eigenvalue weighted by Crippen LogP contribution is -2.51. The third kappa shape index (κ3) is 3.69.